The van der Waals surface area contributed by atoms with Gasteiger partial charge in [0, 0.05) is 0 Å². The number of hydrogen-bond acceptors (Lipinski definition) is 4. The van der Waals surface area contributed by atoms with E-state index in [2.05, 4.69) is 0 Å². The van der Waals surface area contributed by atoms with Gasteiger partial charge < -0.3 is 20.4 Å². The molecular formula is C15H12O6. The van der Waals surface area contributed by atoms with E-state index >= 15 is 0 Å². The van der Waals surface area contributed by atoms with E-state index < -0.39 is 23.4 Å². The average Bonchev–Trinajstić information content (AvgIpc) is 2.37. The largest absolute Gasteiger partial charge is 0.507 e. The SMILES string of the molecule is O=C(O)c1c(O)cccc1Cc1cccc(O)c1C(=O)O. The van der Waals surface area contributed by atoms with Gasteiger partial charge in [0.1, 0.15) is 22.6 Å². The van der Waals surface area contributed by atoms with Crippen LogP contribution in [0.4, 0.5) is 0 Å². The van der Waals surface area contributed by atoms with Crippen molar-refractivity contribution >= 4 is 11.9 Å². The van der Waals surface area contributed by atoms with E-state index in [1.165, 1.54) is 36.4 Å². The van der Waals surface area contributed by atoms with Gasteiger partial charge in [-0.25, -0.2) is 9.59 Å². The van der Waals surface area contributed by atoms with Crippen LogP contribution in [-0.2, 0) is 6.42 Å². The maximum atomic E-state index is 11.2. The molecule has 2 aromatic rings. The number of aromatic hydroxyl groups is 2. The van der Waals surface area contributed by atoms with Crippen molar-refractivity contribution in [1.29, 1.82) is 0 Å². The maximum absolute atomic E-state index is 11.2. The first-order chi connectivity index (χ1) is 9.91. The first-order valence-electron chi connectivity index (χ1n) is 6.00. The lowest BCUT2D eigenvalue weighted by atomic mass is 9.95. The molecule has 0 aliphatic rings. The Morgan fingerprint density at radius 3 is 1.48 bits per heavy atom. The third kappa shape index (κ3) is 2.79. The summed E-state index contributed by atoms with van der Waals surface area (Å²) in [5, 5.41) is 37.5. The van der Waals surface area contributed by atoms with Gasteiger partial charge in [-0.2, -0.15) is 0 Å². The summed E-state index contributed by atoms with van der Waals surface area (Å²) in [4.78, 5) is 22.4. The van der Waals surface area contributed by atoms with E-state index in [0.717, 1.165) is 0 Å². The van der Waals surface area contributed by atoms with E-state index in [0.29, 0.717) is 0 Å². The van der Waals surface area contributed by atoms with Gasteiger partial charge in [0.25, 0.3) is 0 Å². The number of carboxylic acid groups (broad SMARTS) is 2. The maximum Gasteiger partial charge on any atom is 0.339 e. The fourth-order valence-electron chi connectivity index (χ4n) is 2.17. The molecule has 0 saturated carbocycles. The van der Waals surface area contributed by atoms with Gasteiger partial charge in [0.05, 0.1) is 0 Å². The topological polar surface area (TPSA) is 115 Å². The fourth-order valence-corrected chi connectivity index (χ4v) is 2.17. The zero-order valence-electron chi connectivity index (χ0n) is 10.8. The molecule has 6 heteroatoms. The number of carbonyl (C=O) groups is 2. The molecule has 2 rings (SSSR count). The highest BCUT2D eigenvalue weighted by molar-refractivity contribution is 5.94. The molecule has 0 radical (unpaired) electrons. The molecule has 0 aliphatic heterocycles. The van der Waals surface area contributed by atoms with Gasteiger partial charge in [-0.05, 0) is 29.7 Å². The second-order valence-electron chi connectivity index (χ2n) is 4.41. The first kappa shape index (κ1) is 14.4. The number of benzene rings is 2. The predicted molar refractivity (Wildman–Crippen MR) is 72.9 cm³/mol. The standard InChI is InChI=1S/C15H12O6/c16-10-5-1-3-8(12(10)14(18)19)7-9-4-2-6-11(17)13(9)15(20)21/h1-6,16-17H,7H2,(H,18,19)(H,20,21). The van der Waals surface area contributed by atoms with Crippen LogP contribution in [0.2, 0.25) is 0 Å². The second kappa shape index (κ2) is 5.54. The van der Waals surface area contributed by atoms with Crippen molar-refractivity contribution in [2.75, 3.05) is 0 Å². The molecule has 0 atom stereocenters. The van der Waals surface area contributed by atoms with E-state index in [-0.39, 0.29) is 28.7 Å². The van der Waals surface area contributed by atoms with E-state index in [1.54, 1.807) is 0 Å². The molecule has 0 unspecified atom stereocenters. The Hall–Kier alpha value is -3.02. The molecule has 2 aromatic carbocycles. The van der Waals surface area contributed by atoms with Crippen molar-refractivity contribution in [3.05, 3.63) is 58.7 Å². The first-order valence-corrected chi connectivity index (χ1v) is 6.00. The summed E-state index contributed by atoms with van der Waals surface area (Å²) in [7, 11) is 0. The van der Waals surface area contributed by atoms with Crippen molar-refractivity contribution in [3.63, 3.8) is 0 Å². The average molecular weight is 288 g/mol. The molecule has 0 amide bonds. The Morgan fingerprint density at radius 2 is 1.14 bits per heavy atom. The van der Waals surface area contributed by atoms with Crippen molar-refractivity contribution in [3.8, 4) is 11.5 Å². The minimum Gasteiger partial charge on any atom is -0.507 e. The third-order valence-electron chi connectivity index (χ3n) is 3.07. The molecule has 21 heavy (non-hydrogen) atoms. The normalized spacial score (nSPS) is 10.3. The van der Waals surface area contributed by atoms with Crippen molar-refractivity contribution in [1.82, 2.24) is 0 Å². The number of hydrogen-bond donors (Lipinski definition) is 4. The summed E-state index contributed by atoms with van der Waals surface area (Å²) < 4.78 is 0. The van der Waals surface area contributed by atoms with Crippen LogP contribution in [0.15, 0.2) is 36.4 Å². The Balaban J connectivity index is 2.54. The van der Waals surface area contributed by atoms with Crippen molar-refractivity contribution < 1.29 is 30.0 Å². The Kier molecular flexibility index (Phi) is 3.80. The summed E-state index contributed by atoms with van der Waals surface area (Å²) in [5.41, 5.74) is -0.0411. The lowest BCUT2D eigenvalue weighted by molar-refractivity contribution is 0.0683. The van der Waals surface area contributed by atoms with Crippen molar-refractivity contribution in [2.24, 2.45) is 0 Å². The predicted octanol–water partition coefficient (Wildman–Crippen LogP) is 2.09. The second-order valence-corrected chi connectivity index (χ2v) is 4.41. The Labute approximate surface area is 119 Å². The molecule has 0 aromatic heterocycles. The van der Waals surface area contributed by atoms with E-state index in [4.69, 9.17) is 10.2 Å². The van der Waals surface area contributed by atoms with Crippen molar-refractivity contribution in [2.45, 2.75) is 6.42 Å². The van der Waals surface area contributed by atoms with E-state index in [9.17, 15) is 19.8 Å². The van der Waals surface area contributed by atoms with Crippen LogP contribution in [0.3, 0.4) is 0 Å². The van der Waals surface area contributed by atoms with Gasteiger partial charge in [-0.1, -0.05) is 24.3 Å². The van der Waals surface area contributed by atoms with Crippen LogP contribution in [0.5, 0.6) is 11.5 Å². The highest BCUT2D eigenvalue weighted by Crippen LogP contribution is 2.27. The zero-order valence-corrected chi connectivity index (χ0v) is 10.8. The van der Waals surface area contributed by atoms with Crippen LogP contribution < -0.4 is 0 Å². The number of phenols is 2. The van der Waals surface area contributed by atoms with E-state index in [1.807, 2.05) is 0 Å². The molecule has 6 nitrogen and oxygen atoms in total. The minimum absolute atomic E-state index is 0.0356. The minimum atomic E-state index is -1.31. The summed E-state index contributed by atoms with van der Waals surface area (Å²) in [6.45, 7) is 0. The quantitative estimate of drug-likeness (QED) is 0.684. The molecular weight excluding hydrogens is 276 g/mol. The summed E-state index contributed by atoms with van der Waals surface area (Å²) in [6.07, 6.45) is -0.0356. The number of aromatic carboxylic acids is 2. The summed E-state index contributed by atoms with van der Waals surface area (Å²) >= 11 is 0. The van der Waals surface area contributed by atoms with Gasteiger partial charge in [-0.3, -0.25) is 0 Å². The zero-order chi connectivity index (χ0) is 15.6. The van der Waals surface area contributed by atoms with Gasteiger partial charge in [0.15, 0.2) is 0 Å². The van der Waals surface area contributed by atoms with Gasteiger partial charge in [-0.15, -0.1) is 0 Å². The Bertz CT molecular complexity index is 659. The molecule has 0 bridgehead atoms. The lowest BCUT2D eigenvalue weighted by Crippen LogP contribution is -2.07. The fraction of sp³-hybridized carbons (Fsp3) is 0.0667. The highest BCUT2D eigenvalue weighted by atomic mass is 16.4. The number of rotatable bonds is 4. The molecule has 108 valence electrons. The third-order valence-corrected chi connectivity index (χ3v) is 3.07. The molecule has 0 saturated heterocycles. The lowest BCUT2D eigenvalue weighted by Gasteiger charge is -2.11. The smallest absolute Gasteiger partial charge is 0.339 e. The highest BCUT2D eigenvalue weighted by Gasteiger charge is 2.19. The van der Waals surface area contributed by atoms with Crippen LogP contribution in [-0.4, -0.2) is 32.4 Å². The number of carboxylic acids is 2. The Morgan fingerprint density at radius 1 is 0.762 bits per heavy atom. The van der Waals surface area contributed by atoms with Crippen LogP contribution in [0.25, 0.3) is 0 Å². The molecule has 0 aliphatic carbocycles. The molecule has 0 fully saturated rings. The molecule has 4 N–H and O–H groups in total. The van der Waals surface area contributed by atoms with Crippen LogP contribution in [0, 0.1) is 0 Å². The van der Waals surface area contributed by atoms with Gasteiger partial charge in [0.2, 0.25) is 0 Å². The monoisotopic (exact) mass is 288 g/mol. The van der Waals surface area contributed by atoms with Gasteiger partial charge >= 0.3 is 11.9 Å². The summed E-state index contributed by atoms with van der Waals surface area (Å²) in [6, 6.07) is 8.40. The molecule has 0 heterocycles. The summed E-state index contributed by atoms with van der Waals surface area (Å²) in [5.74, 6) is -3.39. The van der Waals surface area contributed by atoms with Crippen LogP contribution >= 0.6 is 0 Å². The molecule has 0 spiro atoms. The van der Waals surface area contributed by atoms with Crippen LogP contribution in [0.1, 0.15) is 31.8 Å².